The first kappa shape index (κ1) is 15.5. The summed E-state index contributed by atoms with van der Waals surface area (Å²) in [7, 11) is 0. The van der Waals surface area contributed by atoms with E-state index in [-0.39, 0.29) is 11.9 Å². The minimum Gasteiger partial charge on any atom is -0.310 e. The maximum atomic E-state index is 13.8. The van der Waals surface area contributed by atoms with Crippen molar-refractivity contribution in [3.8, 4) is 0 Å². The van der Waals surface area contributed by atoms with E-state index in [2.05, 4.69) is 41.2 Å². The van der Waals surface area contributed by atoms with Crippen LogP contribution in [0.15, 0.2) is 56.7 Å². The maximum Gasteiger partial charge on any atom is 0.137 e. The van der Waals surface area contributed by atoms with Crippen LogP contribution in [0, 0.1) is 5.82 Å². The molecule has 1 atom stereocenters. The van der Waals surface area contributed by atoms with Crippen LogP contribution < -0.4 is 5.32 Å². The quantitative estimate of drug-likeness (QED) is 0.771. The Balaban J connectivity index is 2.34. The van der Waals surface area contributed by atoms with Crippen LogP contribution in [-0.2, 0) is 0 Å². The summed E-state index contributed by atoms with van der Waals surface area (Å²) in [5.74, 6) is -0.178. The lowest BCUT2D eigenvalue weighted by Crippen LogP contribution is -2.18. The molecular formula is C16H17BrFNS. The summed E-state index contributed by atoms with van der Waals surface area (Å²) in [6, 6.07) is 13.2. The highest BCUT2D eigenvalue weighted by Gasteiger charge is 2.13. The van der Waals surface area contributed by atoms with Crippen LogP contribution >= 0.6 is 27.7 Å². The Hall–Kier alpha value is -0.840. The molecule has 0 saturated heterocycles. The molecule has 0 aromatic heterocycles. The van der Waals surface area contributed by atoms with Crippen molar-refractivity contribution in [1.29, 1.82) is 0 Å². The number of halogens is 2. The van der Waals surface area contributed by atoms with E-state index in [1.54, 1.807) is 6.07 Å². The van der Waals surface area contributed by atoms with E-state index in [9.17, 15) is 4.39 Å². The standard InChI is InChI=1S/C16H17BrFNS/c1-3-19-11(2)13-10-12(17)8-9-15(13)20-16-7-5-4-6-14(16)18/h4-11,19H,3H2,1-2H3. The van der Waals surface area contributed by atoms with E-state index in [4.69, 9.17) is 0 Å². The highest BCUT2D eigenvalue weighted by molar-refractivity contribution is 9.10. The Bertz CT molecular complexity index is 588. The number of hydrogen-bond acceptors (Lipinski definition) is 2. The molecule has 1 nitrogen and oxygen atoms in total. The largest absolute Gasteiger partial charge is 0.310 e. The minimum absolute atomic E-state index is 0.178. The molecule has 0 heterocycles. The summed E-state index contributed by atoms with van der Waals surface area (Å²) in [5, 5.41) is 3.40. The van der Waals surface area contributed by atoms with E-state index in [1.165, 1.54) is 23.4 Å². The molecule has 1 unspecified atom stereocenters. The third-order valence-electron chi connectivity index (χ3n) is 3.01. The first-order valence-electron chi connectivity index (χ1n) is 6.57. The molecule has 2 aromatic carbocycles. The van der Waals surface area contributed by atoms with Gasteiger partial charge in [0.25, 0.3) is 0 Å². The van der Waals surface area contributed by atoms with Crippen molar-refractivity contribution in [3.05, 3.63) is 58.3 Å². The summed E-state index contributed by atoms with van der Waals surface area (Å²) in [4.78, 5) is 1.73. The highest BCUT2D eigenvalue weighted by atomic mass is 79.9. The zero-order chi connectivity index (χ0) is 14.5. The zero-order valence-corrected chi connectivity index (χ0v) is 13.9. The van der Waals surface area contributed by atoms with Gasteiger partial charge in [-0.3, -0.25) is 0 Å². The Morgan fingerprint density at radius 2 is 1.95 bits per heavy atom. The average Bonchev–Trinajstić information content (AvgIpc) is 2.43. The van der Waals surface area contributed by atoms with Crippen LogP contribution in [0.4, 0.5) is 4.39 Å². The van der Waals surface area contributed by atoms with Crippen LogP contribution in [0.2, 0.25) is 0 Å². The lowest BCUT2D eigenvalue weighted by Gasteiger charge is -2.17. The fourth-order valence-electron chi connectivity index (χ4n) is 2.01. The van der Waals surface area contributed by atoms with Crippen molar-refractivity contribution >= 4 is 27.7 Å². The Labute approximate surface area is 132 Å². The lowest BCUT2D eigenvalue weighted by molar-refractivity contribution is 0.588. The van der Waals surface area contributed by atoms with Gasteiger partial charge in [0.2, 0.25) is 0 Å². The molecule has 0 saturated carbocycles. The molecule has 1 N–H and O–H groups in total. The number of benzene rings is 2. The molecule has 2 rings (SSSR count). The SMILES string of the molecule is CCNC(C)c1cc(Br)ccc1Sc1ccccc1F. The minimum atomic E-state index is -0.178. The van der Waals surface area contributed by atoms with Gasteiger partial charge in [0.15, 0.2) is 0 Å². The Morgan fingerprint density at radius 3 is 2.65 bits per heavy atom. The summed E-state index contributed by atoms with van der Waals surface area (Å²) in [5.41, 5.74) is 1.18. The van der Waals surface area contributed by atoms with Crippen LogP contribution in [0.1, 0.15) is 25.5 Å². The molecule has 0 spiro atoms. The van der Waals surface area contributed by atoms with Gasteiger partial charge in [-0.15, -0.1) is 0 Å². The third-order valence-corrected chi connectivity index (χ3v) is 4.64. The first-order valence-corrected chi connectivity index (χ1v) is 8.18. The monoisotopic (exact) mass is 353 g/mol. The third kappa shape index (κ3) is 3.84. The number of nitrogens with one attached hydrogen (secondary N) is 1. The van der Waals surface area contributed by atoms with E-state index in [1.807, 2.05) is 24.3 Å². The molecule has 0 fully saturated rings. The molecule has 0 aliphatic rings. The summed E-state index contributed by atoms with van der Waals surface area (Å²) in [6.45, 7) is 5.10. The fraction of sp³-hybridized carbons (Fsp3) is 0.250. The Morgan fingerprint density at radius 1 is 1.20 bits per heavy atom. The van der Waals surface area contributed by atoms with Crippen LogP contribution in [0.5, 0.6) is 0 Å². The molecule has 0 aliphatic carbocycles. The van der Waals surface area contributed by atoms with Gasteiger partial charge < -0.3 is 5.32 Å². The molecular weight excluding hydrogens is 337 g/mol. The average molecular weight is 354 g/mol. The molecule has 106 valence electrons. The van der Waals surface area contributed by atoms with E-state index in [0.29, 0.717) is 4.90 Å². The lowest BCUT2D eigenvalue weighted by atomic mass is 10.1. The normalized spacial score (nSPS) is 12.4. The first-order chi connectivity index (χ1) is 9.61. The molecule has 0 aliphatic heterocycles. The smallest absolute Gasteiger partial charge is 0.137 e. The molecule has 0 radical (unpaired) electrons. The Kier molecular flexibility index (Phi) is 5.64. The summed E-state index contributed by atoms with van der Waals surface area (Å²) < 4.78 is 14.8. The fourth-order valence-corrected chi connectivity index (χ4v) is 3.43. The van der Waals surface area contributed by atoms with Crippen LogP contribution in [0.3, 0.4) is 0 Å². The second kappa shape index (κ2) is 7.25. The van der Waals surface area contributed by atoms with Crippen molar-refractivity contribution in [2.75, 3.05) is 6.54 Å². The zero-order valence-electron chi connectivity index (χ0n) is 11.5. The molecule has 2 aromatic rings. The molecule has 20 heavy (non-hydrogen) atoms. The topological polar surface area (TPSA) is 12.0 Å². The summed E-state index contributed by atoms with van der Waals surface area (Å²) in [6.07, 6.45) is 0. The predicted molar refractivity (Wildman–Crippen MR) is 86.8 cm³/mol. The number of hydrogen-bond donors (Lipinski definition) is 1. The van der Waals surface area contributed by atoms with E-state index < -0.39 is 0 Å². The van der Waals surface area contributed by atoms with Gasteiger partial charge in [0, 0.05) is 20.3 Å². The second-order valence-electron chi connectivity index (χ2n) is 4.49. The molecule has 4 heteroatoms. The van der Waals surface area contributed by atoms with Crippen molar-refractivity contribution in [1.82, 2.24) is 5.32 Å². The second-order valence-corrected chi connectivity index (χ2v) is 6.49. The van der Waals surface area contributed by atoms with Crippen molar-refractivity contribution in [3.63, 3.8) is 0 Å². The van der Waals surface area contributed by atoms with Gasteiger partial charge in [0.1, 0.15) is 5.82 Å². The van der Waals surface area contributed by atoms with Crippen molar-refractivity contribution in [2.24, 2.45) is 0 Å². The van der Waals surface area contributed by atoms with Gasteiger partial charge in [0.05, 0.1) is 0 Å². The van der Waals surface area contributed by atoms with E-state index >= 15 is 0 Å². The van der Waals surface area contributed by atoms with Gasteiger partial charge in [-0.2, -0.15) is 0 Å². The van der Waals surface area contributed by atoms with Gasteiger partial charge >= 0.3 is 0 Å². The van der Waals surface area contributed by atoms with Crippen LogP contribution in [0.25, 0.3) is 0 Å². The molecule has 0 amide bonds. The maximum absolute atomic E-state index is 13.8. The highest BCUT2D eigenvalue weighted by Crippen LogP contribution is 2.36. The van der Waals surface area contributed by atoms with Crippen LogP contribution in [-0.4, -0.2) is 6.54 Å². The van der Waals surface area contributed by atoms with E-state index in [0.717, 1.165) is 15.9 Å². The molecule has 0 bridgehead atoms. The van der Waals surface area contributed by atoms with Gasteiger partial charge in [-0.1, -0.05) is 46.7 Å². The van der Waals surface area contributed by atoms with Crippen molar-refractivity contribution in [2.45, 2.75) is 29.7 Å². The van der Waals surface area contributed by atoms with Gasteiger partial charge in [-0.25, -0.2) is 4.39 Å². The summed E-state index contributed by atoms with van der Waals surface area (Å²) >= 11 is 4.97. The van der Waals surface area contributed by atoms with Gasteiger partial charge in [-0.05, 0) is 49.4 Å². The predicted octanol–water partition coefficient (Wildman–Crippen LogP) is 5.41. The van der Waals surface area contributed by atoms with Crippen molar-refractivity contribution < 1.29 is 4.39 Å². The number of rotatable bonds is 5.